The summed E-state index contributed by atoms with van der Waals surface area (Å²) in [6.45, 7) is 2.36. The predicted molar refractivity (Wildman–Crippen MR) is 36.7 cm³/mol. The molecular formula is C4H13NO3S. The highest BCUT2D eigenvalue weighted by atomic mass is 32.2. The molecular weight excluding hydrogens is 142 g/mol. The summed E-state index contributed by atoms with van der Waals surface area (Å²) in [6.07, 6.45) is 1.82. The lowest BCUT2D eigenvalue weighted by molar-refractivity contribution is 0.300. The van der Waals surface area contributed by atoms with Gasteiger partial charge in [0, 0.05) is 0 Å². The van der Waals surface area contributed by atoms with Gasteiger partial charge >= 0.3 is 11.4 Å². The third-order valence-corrected chi connectivity index (χ3v) is 1.05. The van der Waals surface area contributed by atoms with Crippen LogP contribution in [0.1, 0.15) is 19.8 Å². The van der Waals surface area contributed by atoms with Gasteiger partial charge in [0.2, 0.25) is 0 Å². The topological polar surface area (TPSA) is 81.5 Å². The van der Waals surface area contributed by atoms with Crippen LogP contribution in [0.15, 0.2) is 0 Å². The summed E-state index contributed by atoms with van der Waals surface area (Å²) < 4.78 is 22.1. The van der Waals surface area contributed by atoms with Crippen molar-refractivity contribution < 1.29 is 12.9 Å². The van der Waals surface area contributed by atoms with Crippen LogP contribution < -0.4 is 6.15 Å². The fraction of sp³-hybridized carbons (Fsp3) is 1.00. The van der Waals surface area contributed by atoms with Gasteiger partial charge in [-0.1, -0.05) is 13.3 Å². The minimum atomic E-state index is -2.07. The molecule has 0 bridgehead atoms. The van der Waals surface area contributed by atoms with Gasteiger partial charge in [0.05, 0.1) is 6.61 Å². The maximum absolute atomic E-state index is 9.76. The number of unbranched alkanes of at least 4 members (excludes halogenated alkanes) is 1. The second kappa shape index (κ2) is 8.03. The summed E-state index contributed by atoms with van der Waals surface area (Å²) in [5, 5.41) is 0. The Hall–Kier alpha value is 0.0300. The van der Waals surface area contributed by atoms with Crippen molar-refractivity contribution in [1.29, 1.82) is 0 Å². The molecule has 0 aliphatic carbocycles. The van der Waals surface area contributed by atoms with Gasteiger partial charge in [-0.2, -0.15) is 4.21 Å². The molecule has 0 saturated heterocycles. The van der Waals surface area contributed by atoms with Crippen LogP contribution in [0, 0.1) is 0 Å². The number of hydrogen-bond acceptors (Lipinski definition) is 3. The van der Waals surface area contributed by atoms with E-state index in [0.29, 0.717) is 6.61 Å². The second-order valence-corrected chi connectivity index (χ2v) is 2.06. The lowest BCUT2D eigenvalue weighted by Crippen LogP contribution is -1.95. The Balaban J connectivity index is 0. The summed E-state index contributed by atoms with van der Waals surface area (Å²) >= 11 is -2.07. The van der Waals surface area contributed by atoms with Gasteiger partial charge in [0.15, 0.2) is 0 Å². The van der Waals surface area contributed by atoms with Crippen molar-refractivity contribution >= 4 is 11.4 Å². The van der Waals surface area contributed by atoms with E-state index in [-0.39, 0.29) is 6.15 Å². The molecule has 0 amide bonds. The Labute approximate surface area is 57.7 Å². The highest BCUT2D eigenvalue weighted by Gasteiger charge is 1.89. The zero-order valence-electron chi connectivity index (χ0n) is 5.50. The molecule has 0 aromatic rings. The Morgan fingerprint density at radius 2 is 2.22 bits per heavy atom. The maximum atomic E-state index is 9.76. The van der Waals surface area contributed by atoms with E-state index < -0.39 is 11.4 Å². The van der Waals surface area contributed by atoms with E-state index >= 15 is 0 Å². The molecule has 4 N–H and O–H groups in total. The van der Waals surface area contributed by atoms with Crippen molar-refractivity contribution in [3.63, 3.8) is 0 Å². The molecule has 0 aromatic carbocycles. The summed E-state index contributed by atoms with van der Waals surface area (Å²) in [7, 11) is 0. The zero-order valence-corrected chi connectivity index (χ0v) is 6.32. The first-order chi connectivity index (χ1) is 3.77. The first-order valence-electron chi connectivity index (χ1n) is 2.51. The molecule has 58 valence electrons. The van der Waals surface area contributed by atoms with Crippen LogP contribution in [0.5, 0.6) is 0 Å². The number of rotatable bonds is 4. The molecule has 0 aliphatic heterocycles. The maximum Gasteiger partial charge on any atom is 0.301 e. The lowest BCUT2D eigenvalue weighted by Gasteiger charge is -1.92. The molecule has 0 saturated carbocycles. The Morgan fingerprint density at radius 1 is 1.67 bits per heavy atom. The average molecular weight is 155 g/mol. The van der Waals surface area contributed by atoms with Gasteiger partial charge in [0.1, 0.15) is 0 Å². The summed E-state index contributed by atoms with van der Waals surface area (Å²) in [6, 6.07) is 0. The minimum Gasteiger partial charge on any atom is -0.344 e. The van der Waals surface area contributed by atoms with Crippen molar-refractivity contribution in [2.45, 2.75) is 19.8 Å². The van der Waals surface area contributed by atoms with Gasteiger partial charge < -0.3 is 6.15 Å². The molecule has 5 heteroatoms. The first-order valence-corrected chi connectivity index (χ1v) is 3.54. The van der Waals surface area contributed by atoms with E-state index in [9.17, 15) is 4.21 Å². The van der Waals surface area contributed by atoms with Crippen LogP contribution in [0.4, 0.5) is 0 Å². The predicted octanol–water partition coefficient (Wildman–Crippen LogP) is 1.10. The van der Waals surface area contributed by atoms with E-state index in [1.807, 2.05) is 6.92 Å². The van der Waals surface area contributed by atoms with E-state index in [4.69, 9.17) is 4.55 Å². The van der Waals surface area contributed by atoms with Gasteiger partial charge in [-0.25, -0.2) is 0 Å². The van der Waals surface area contributed by atoms with Gasteiger partial charge in [-0.05, 0) is 6.42 Å². The summed E-state index contributed by atoms with van der Waals surface area (Å²) in [5.74, 6) is 0. The lowest BCUT2D eigenvalue weighted by atomic mass is 10.4. The van der Waals surface area contributed by atoms with Crippen molar-refractivity contribution in [2.24, 2.45) is 0 Å². The quantitative estimate of drug-likeness (QED) is 0.470. The monoisotopic (exact) mass is 155 g/mol. The first kappa shape index (κ1) is 11.8. The molecule has 0 heterocycles. The number of hydrogen-bond donors (Lipinski definition) is 2. The van der Waals surface area contributed by atoms with Crippen LogP contribution in [0.3, 0.4) is 0 Å². The normalized spacial score (nSPS) is 12.2. The SMILES string of the molecule is CCCCOS(=O)O.N. The third kappa shape index (κ3) is 11.5. The van der Waals surface area contributed by atoms with E-state index in [2.05, 4.69) is 4.18 Å². The molecule has 1 unspecified atom stereocenters. The van der Waals surface area contributed by atoms with Crippen molar-refractivity contribution in [3.05, 3.63) is 0 Å². The van der Waals surface area contributed by atoms with Crippen molar-refractivity contribution in [2.75, 3.05) is 6.61 Å². The second-order valence-electron chi connectivity index (χ2n) is 1.39. The molecule has 0 radical (unpaired) electrons. The Bertz CT molecular complexity index is 78.2. The van der Waals surface area contributed by atoms with Gasteiger partial charge in [-0.3, -0.25) is 8.74 Å². The van der Waals surface area contributed by atoms with Crippen LogP contribution in [0.2, 0.25) is 0 Å². The average Bonchev–Trinajstić information content (AvgIpc) is 1.66. The molecule has 9 heavy (non-hydrogen) atoms. The smallest absolute Gasteiger partial charge is 0.301 e. The molecule has 0 fully saturated rings. The molecule has 0 spiro atoms. The van der Waals surface area contributed by atoms with Gasteiger partial charge in [-0.15, -0.1) is 0 Å². The van der Waals surface area contributed by atoms with Gasteiger partial charge in [0.25, 0.3) is 0 Å². The van der Waals surface area contributed by atoms with Crippen LogP contribution in [-0.4, -0.2) is 15.4 Å². The van der Waals surface area contributed by atoms with Crippen molar-refractivity contribution in [1.82, 2.24) is 6.15 Å². The van der Waals surface area contributed by atoms with E-state index in [1.165, 1.54) is 0 Å². The fourth-order valence-electron chi connectivity index (χ4n) is 0.275. The van der Waals surface area contributed by atoms with E-state index in [0.717, 1.165) is 12.8 Å². The minimum absolute atomic E-state index is 0. The molecule has 0 aromatic heterocycles. The largest absolute Gasteiger partial charge is 0.344 e. The van der Waals surface area contributed by atoms with Crippen LogP contribution in [0.25, 0.3) is 0 Å². The van der Waals surface area contributed by atoms with Crippen molar-refractivity contribution in [3.8, 4) is 0 Å². The molecule has 4 nitrogen and oxygen atoms in total. The Kier molecular flexibility index (Phi) is 10.5. The zero-order chi connectivity index (χ0) is 6.41. The van der Waals surface area contributed by atoms with Crippen LogP contribution >= 0.6 is 0 Å². The molecule has 0 aliphatic rings. The Morgan fingerprint density at radius 3 is 2.56 bits per heavy atom. The third-order valence-electron chi connectivity index (χ3n) is 0.682. The highest BCUT2D eigenvalue weighted by molar-refractivity contribution is 7.74. The van der Waals surface area contributed by atoms with Crippen LogP contribution in [-0.2, 0) is 15.5 Å². The summed E-state index contributed by atoms with van der Waals surface area (Å²) in [5.41, 5.74) is 0. The van der Waals surface area contributed by atoms with E-state index in [1.54, 1.807) is 0 Å². The standard InChI is InChI=1S/C4H10O3S.H3N/c1-2-3-4-7-8(5)6;/h2-4H2,1H3,(H,5,6);1H3. The molecule has 1 atom stereocenters. The molecule has 0 rings (SSSR count). The summed E-state index contributed by atoms with van der Waals surface area (Å²) in [4.78, 5) is 0. The highest BCUT2D eigenvalue weighted by Crippen LogP contribution is 1.88. The fourth-order valence-corrected chi connectivity index (χ4v) is 0.535.